The molecule has 0 atom stereocenters. The van der Waals surface area contributed by atoms with Gasteiger partial charge in [-0.25, -0.2) is 12.7 Å². The monoisotopic (exact) mass is 369 g/mol. The lowest BCUT2D eigenvalue weighted by Crippen LogP contribution is -2.29. The van der Waals surface area contributed by atoms with E-state index in [0.717, 1.165) is 35.2 Å². The lowest BCUT2D eigenvalue weighted by atomic mass is 10.1. The second-order valence-corrected chi connectivity index (χ2v) is 8.65. The van der Waals surface area contributed by atoms with Crippen molar-refractivity contribution in [3.05, 3.63) is 64.7 Å². The van der Waals surface area contributed by atoms with Gasteiger partial charge in [0.05, 0.1) is 17.4 Å². The zero-order chi connectivity index (χ0) is 18.6. The highest BCUT2D eigenvalue weighted by molar-refractivity contribution is 7.88. The molecule has 0 aromatic heterocycles. The van der Waals surface area contributed by atoms with E-state index in [1.54, 1.807) is 10.4 Å². The summed E-state index contributed by atoms with van der Waals surface area (Å²) in [6.45, 7) is 3.84. The Balaban J connectivity index is 1.67. The predicted molar refractivity (Wildman–Crippen MR) is 103 cm³/mol. The normalized spacial score (nSPS) is 14.9. The molecular weight excluding hydrogens is 346 g/mol. The molecule has 26 heavy (non-hydrogen) atoms. The molecule has 0 aliphatic carbocycles. The van der Waals surface area contributed by atoms with Crippen LogP contribution in [0.4, 0.5) is 5.69 Å². The maximum absolute atomic E-state index is 12.5. The molecule has 1 aliphatic rings. The number of benzene rings is 2. The molecule has 0 bridgehead atoms. The number of anilines is 1. The standard InChI is InChI=1S/C20H23N3O2S/c1-16-11-17(13-21)7-8-20(16)22-14-18-5-4-6-19(12-18)15-26(24,25)23-9-2-3-10-23/h4-8,11-12,22H,2-3,9-10,14-15H2,1H3. The van der Waals surface area contributed by atoms with Gasteiger partial charge in [0.2, 0.25) is 10.0 Å². The van der Waals surface area contributed by atoms with Gasteiger partial charge in [-0.1, -0.05) is 24.3 Å². The molecule has 3 rings (SSSR count). The lowest BCUT2D eigenvalue weighted by Gasteiger charge is -2.16. The van der Waals surface area contributed by atoms with E-state index in [0.29, 0.717) is 25.2 Å². The second kappa shape index (κ2) is 7.90. The summed E-state index contributed by atoms with van der Waals surface area (Å²) in [5.41, 5.74) is 4.47. The van der Waals surface area contributed by atoms with Crippen LogP contribution in [0.25, 0.3) is 0 Å². The SMILES string of the molecule is Cc1cc(C#N)ccc1NCc1cccc(CS(=O)(=O)N2CCCC2)c1. The minimum atomic E-state index is -3.23. The van der Waals surface area contributed by atoms with Crippen LogP contribution in [0.5, 0.6) is 0 Å². The van der Waals surface area contributed by atoms with Crippen LogP contribution in [0.3, 0.4) is 0 Å². The Morgan fingerprint density at radius 1 is 1.12 bits per heavy atom. The Morgan fingerprint density at radius 2 is 1.85 bits per heavy atom. The Hall–Kier alpha value is -2.36. The van der Waals surface area contributed by atoms with E-state index in [2.05, 4.69) is 11.4 Å². The van der Waals surface area contributed by atoms with E-state index < -0.39 is 10.0 Å². The van der Waals surface area contributed by atoms with Crippen molar-refractivity contribution < 1.29 is 8.42 Å². The molecule has 136 valence electrons. The fourth-order valence-corrected chi connectivity index (χ4v) is 4.82. The summed E-state index contributed by atoms with van der Waals surface area (Å²) in [6, 6.07) is 15.4. The highest BCUT2D eigenvalue weighted by atomic mass is 32.2. The summed E-state index contributed by atoms with van der Waals surface area (Å²) in [7, 11) is -3.23. The molecule has 1 N–H and O–H groups in total. The molecule has 5 nitrogen and oxygen atoms in total. The molecule has 0 radical (unpaired) electrons. The Labute approximate surface area is 155 Å². The second-order valence-electron chi connectivity index (χ2n) is 6.68. The highest BCUT2D eigenvalue weighted by Crippen LogP contribution is 2.20. The van der Waals surface area contributed by atoms with Gasteiger partial charge < -0.3 is 5.32 Å². The Bertz CT molecular complexity index is 926. The predicted octanol–water partition coefficient (Wildman–Crippen LogP) is 3.40. The number of nitrogens with one attached hydrogen (secondary N) is 1. The Morgan fingerprint density at radius 3 is 2.54 bits per heavy atom. The van der Waals surface area contributed by atoms with Gasteiger partial charge in [-0.15, -0.1) is 0 Å². The molecule has 2 aromatic rings. The molecule has 6 heteroatoms. The van der Waals surface area contributed by atoms with Crippen LogP contribution in [0.2, 0.25) is 0 Å². The molecule has 0 unspecified atom stereocenters. The van der Waals surface area contributed by atoms with Crippen molar-refractivity contribution in [3.8, 4) is 6.07 Å². The van der Waals surface area contributed by atoms with Crippen LogP contribution < -0.4 is 5.32 Å². The average molecular weight is 369 g/mol. The quantitative estimate of drug-likeness (QED) is 0.847. The van der Waals surface area contributed by atoms with E-state index >= 15 is 0 Å². The highest BCUT2D eigenvalue weighted by Gasteiger charge is 2.25. The van der Waals surface area contributed by atoms with Crippen molar-refractivity contribution in [2.24, 2.45) is 0 Å². The summed E-state index contributed by atoms with van der Waals surface area (Å²) in [4.78, 5) is 0. The first-order valence-corrected chi connectivity index (χ1v) is 10.4. The maximum Gasteiger partial charge on any atom is 0.218 e. The zero-order valence-electron chi connectivity index (χ0n) is 14.9. The maximum atomic E-state index is 12.5. The van der Waals surface area contributed by atoms with Gasteiger partial charge in [0.1, 0.15) is 0 Å². The van der Waals surface area contributed by atoms with Crippen LogP contribution in [0.1, 0.15) is 35.1 Å². The average Bonchev–Trinajstić information content (AvgIpc) is 3.16. The van der Waals surface area contributed by atoms with Gasteiger partial charge in [-0.2, -0.15) is 5.26 Å². The van der Waals surface area contributed by atoms with Crippen molar-refractivity contribution >= 4 is 15.7 Å². The topological polar surface area (TPSA) is 73.2 Å². The fraction of sp³-hybridized carbons (Fsp3) is 0.350. The summed E-state index contributed by atoms with van der Waals surface area (Å²) >= 11 is 0. The van der Waals surface area contributed by atoms with Crippen LogP contribution in [-0.4, -0.2) is 25.8 Å². The molecule has 1 saturated heterocycles. The summed E-state index contributed by atoms with van der Waals surface area (Å²) in [6.07, 6.45) is 1.90. The molecule has 1 fully saturated rings. The van der Waals surface area contributed by atoms with Crippen LogP contribution in [0.15, 0.2) is 42.5 Å². The van der Waals surface area contributed by atoms with Crippen molar-refractivity contribution in [1.29, 1.82) is 5.26 Å². The molecule has 0 saturated carbocycles. The number of nitriles is 1. The van der Waals surface area contributed by atoms with Crippen LogP contribution >= 0.6 is 0 Å². The van der Waals surface area contributed by atoms with E-state index in [9.17, 15) is 8.42 Å². The number of hydrogen-bond acceptors (Lipinski definition) is 4. The van der Waals surface area contributed by atoms with Gasteiger partial charge >= 0.3 is 0 Å². The third-order valence-corrected chi connectivity index (χ3v) is 6.49. The molecule has 1 heterocycles. The zero-order valence-corrected chi connectivity index (χ0v) is 15.7. The largest absolute Gasteiger partial charge is 0.381 e. The van der Waals surface area contributed by atoms with E-state index in [1.807, 2.05) is 43.3 Å². The third-order valence-electron chi connectivity index (χ3n) is 4.64. The first-order valence-electron chi connectivity index (χ1n) is 8.78. The van der Waals surface area contributed by atoms with Crippen molar-refractivity contribution in [3.63, 3.8) is 0 Å². The van der Waals surface area contributed by atoms with Gasteiger partial charge in [0.15, 0.2) is 0 Å². The van der Waals surface area contributed by atoms with Crippen LogP contribution in [-0.2, 0) is 22.3 Å². The molecular formula is C20H23N3O2S. The number of rotatable bonds is 6. The molecule has 1 aliphatic heterocycles. The third kappa shape index (κ3) is 4.43. The van der Waals surface area contributed by atoms with E-state index in [-0.39, 0.29) is 5.75 Å². The summed E-state index contributed by atoms with van der Waals surface area (Å²) < 4.78 is 26.6. The van der Waals surface area contributed by atoms with Crippen molar-refractivity contribution in [2.45, 2.75) is 32.1 Å². The first kappa shape index (κ1) is 18.4. The van der Waals surface area contributed by atoms with Crippen molar-refractivity contribution in [1.82, 2.24) is 4.31 Å². The lowest BCUT2D eigenvalue weighted by molar-refractivity contribution is 0.476. The van der Waals surface area contributed by atoms with Gasteiger partial charge in [-0.05, 0) is 54.7 Å². The van der Waals surface area contributed by atoms with Crippen molar-refractivity contribution in [2.75, 3.05) is 18.4 Å². The number of aryl methyl sites for hydroxylation is 1. The number of nitrogens with zero attached hydrogens (tertiary/aromatic N) is 2. The molecule has 0 spiro atoms. The number of sulfonamides is 1. The van der Waals surface area contributed by atoms with E-state index in [1.165, 1.54) is 0 Å². The number of hydrogen-bond donors (Lipinski definition) is 1. The fourth-order valence-electron chi connectivity index (χ4n) is 3.23. The van der Waals surface area contributed by atoms with Gasteiger partial charge in [0.25, 0.3) is 0 Å². The molecule has 2 aromatic carbocycles. The summed E-state index contributed by atoms with van der Waals surface area (Å²) in [5.74, 6) is 0.0523. The molecule has 0 amide bonds. The minimum absolute atomic E-state index is 0.0523. The van der Waals surface area contributed by atoms with E-state index in [4.69, 9.17) is 5.26 Å². The minimum Gasteiger partial charge on any atom is -0.381 e. The Kier molecular flexibility index (Phi) is 5.60. The van der Waals surface area contributed by atoms with Crippen LogP contribution in [0, 0.1) is 18.3 Å². The first-order chi connectivity index (χ1) is 12.5. The van der Waals surface area contributed by atoms with Gasteiger partial charge in [0, 0.05) is 25.3 Å². The van der Waals surface area contributed by atoms with Gasteiger partial charge in [-0.3, -0.25) is 0 Å². The smallest absolute Gasteiger partial charge is 0.218 e. The summed E-state index contributed by atoms with van der Waals surface area (Å²) in [5, 5.41) is 12.3.